The second-order valence-corrected chi connectivity index (χ2v) is 6.53. The topological polar surface area (TPSA) is 146 Å². The molecule has 140 valence electrons. The summed E-state index contributed by atoms with van der Waals surface area (Å²) in [5, 5.41) is 48.2. The molecular weight excluding hydrogens is 336 g/mol. The van der Waals surface area contributed by atoms with Crippen molar-refractivity contribution in [3.05, 3.63) is 23.5 Å². The van der Waals surface area contributed by atoms with E-state index in [9.17, 15) is 30.3 Å². The van der Waals surface area contributed by atoms with Crippen LogP contribution in [0.1, 0.15) is 13.3 Å². The molecule has 5 N–H and O–H groups in total. The zero-order valence-corrected chi connectivity index (χ0v) is 13.6. The van der Waals surface area contributed by atoms with Crippen molar-refractivity contribution in [3.63, 3.8) is 0 Å². The highest BCUT2D eigenvalue weighted by atomic mass is 16.8. The van der Waals surface area contributed by atoms with Crippen LogP contribution in [0.25, 0.3) is 0 Å². The molecule has 1 saturated heterocycles. The summed E-state index contributed by atoms with van der Waals surface area (Å²) in [6.07, 6.45) is -4.36. The number of carboxylic acids is 1. The third-order valence-corrected chi connectivity index (χ3v) is 5.04. The van der Waals surface area contributed by atoms with E-state index in [2.05, 4.69) is 0 Å². The number of ether oxygens (including phenoxy) is 3. The number of aliphatic carboxylic acids is 1. The first-order valence-corrected chi connectivity index (χ1v) is 8.06. The van der Waals surface area contributed by atoms with E-state index in [-0.39, 0.29) is 17.4 Å². The summed E-state index contributed by atoms with van der Waals surface area (Å²) in [7, 11) is 0. The van der Waals surface area contributed by atoms with Crippen molar-refractivity contribution in [1.82, 2.24) is 0 Å². The molecule has 9 nitrogen and oxygen atoms in total. The van der Waals surface area contributed by atoms with E-state index < -0.39 is 49.6 Å². The number of hydrogen-bond donors (Lipinski definition) is 5. The zero-order valence-electron chi connectivity index (χ0n) is 13.6. The molecule has 9 heteroatoms. The highest BCUT2D eigenvalue weighted by Gasteiger charge is 2.49. The average molecular weight is 358 g/mol. The molecule has 0 bridgehead atoms. The fourth-order valence-electron chi connectivity index (χ4n) is 3.59. The maximum atomic E-state index is 11.3. The van der Waals surface area contributed by atoms with Gasteiger partial charge in [-0.05, 0) is 13.3 Å². The van der Waals surface area contributed by atoms with Crippen molar-refractivity contribution >= 4 is 5.97 Å². The number of fused-ring (bicyclic) bond motifs is 1. The van der Waals surface area contributed by atoms with Crippen LogP contribution in [-0.4, -0.2) is 75.1 Å². The molecule has 8 atom stereocenters. The number of aliphatic hydroxyl groups excluding tert-OH is 4. The largest absolute Gasteiger partial charge is 0.478 e. The maximum absolute atomic E-state index is 11.3. The summed E-state index contributed by atoms with van der Waals surface area (Å²) in [6, 6.07) is 0. The molecule has 3 aliphatic rings. The summed E-state index contributed by atoms with van der Waals surface area (Å²) >= 11 is 0. The van der Waals surface area contributed by atoms with Gasteiger partial charge in [0.1, 0.15) is 24.4 Å². The first-order chi connectivity index (χ1) is 11.8. The third kappa shape index (κ3) is 3.19. The van der Waals surface area contributed by atoms with Crippen LogP contribution in [0.5, 0.6) is 0 Å². The molecule has 0 amide bonds. The minimum atomic E-state index is -1.55. The molecular formula is C16H22O9. The number of hydrogen-bond acceptors (Lipinski definition) is 8. The van der Waals surface area contributed by atoms with Crippen LogP contribution < -0.4 is 0 Å². The van der Waals surface area contributed by atoms with E-state index in [1.807, 2.05) is 13.0 Å². The van der Waals surface area contributed by atoms with Crippen LogP contribution in [0, 0.1) is 11.8 Å². The predicted octanol–water partition coefficient (Wildman–Crippen LogP) is -1.29. The summed E-state index contributed by atoms with van der Waals surface area (Å²) in [6.45, 7) is 1.27. The van der Waals surface area contributed by atoms with E-state index in [1.54, 1.807) is 0 Å². The van der Waals surface area contributed by atoms with Gasteiger partial charge in [-0.15, -0.1) is 0 Å². The first-order valence-electron chi connectivity index (χ1n) is 8.06. The quantitative estimate of drug-likeness (QED) is 0.387. The van der Waals surface area contributed by atoms with Gasteiger partial charge in [-0.1, -0.05) is 11.6 Å². The number of rotatable bonds is 4. The first kappa shape index (κ1) is 18.3. The monoisotopic (exact) mass is 358 g/mol. The van der Waals surface area contributed by atoms with Crippen molar-refractivity contribution < 1.29 is 44.5 Å². The molecule has 2 aliphatic heterocycles. The molecule has 25 heavy (non-hydrogen) atoms. The number of carboxylic acid groups (broad SMARTS) is 1. The fraction of sp³-hybridized carbons (Fsp3) is 0.688. The van der Waals surface area contributed by atoms with E-state index in [0.717, 1.165) is 11.8 Å². The van der Waals surface area contributed by atoms with Gasteiger partial charge in [0.2, 0.25) is 6.29 Å². The molecule has 0 spiro atoms. The van der Waals surface area contributed by atoms with Gasteiger partial charge >= 0.3 is 5.97 Å². The lowest BCUT2D eigenvalue weighted by Gasteiger charge is -2.42. The average Bonchev–Trinajstić information content (AvgIpc) is 2.97. The molecule has 0 saturated carbocycles. The van der Waals surface area contributed by atoms with Crippen LogP contribution in [0.4, 0.5) is 0 Å². The summed E-state index contributed by atoms with van der Waals surface area (Å²) in [4.78, 5) is 11.3. The van der Waals surface area contributed by atoms with Crippen LogP contribution in [-0.2, 0) is 19.0 Å². The lowest BCUT2D eigenvalue weighted by molar-refractivity contribution is -0.339. The highest BCUT2D eigenvalue weighted by Crippen LogP contribution is 2.44. The maximum Gasteiger partial charge on any atom is 0.335 e. The molecule has 1 fully saturated rings. The number of carbonyl (C=O) groups is 1. The Balaban J connectivity index is 1.78. The third-order valence-electron chi connectivity index (χ3n) is 5.04. The van der Waals surface area contributed by atoms with Gasteiger partial charge in [-0.2, -0.15) is 0 Å². The van der Waals surface area contributed by atoms with E-state index in [4.69, 9.17) is 14.2 Å². The Morgan fingerprint density at radius 1 is 1.24 bits per heavy atom. The van der Waals surface area contributed by atoms with Crippen molar-refractivity contribution in [2.24, 2.45) is 11.8 Å². The lowest BCUT2D eigenvalue weighted by atomic mass is 9.84. The van der Waals surface area contributed by atoms with Gasteiger partial charge in [0.15, 0.2) is 6.29 Å². The summed E-state index contributed by atoms with van der Waals surface area (Å²) in [5.74, 6) is -1.76. The second-order valence-electron chi connectivity index (χ2n) is 6.53. The molecule has 8 unspecified atom stereocenters. The van der Waals surface area contributed by atoms with Crippen LogP contribution >= 0.6 is 0 Å². The van der Waals surface area contributed by atoms with Crippen molar-refractivity contribution in [3.8, 4) is 0 Å². The molecule has 3 rings (SSSR count). The normalized spacial score (nSPS) is 43.7. The molecule has 2 heterocycles. The zero-order chi connectivity index (χ0) is 18.3. The fourth-order valence-corrected chi connectivity index (χ4v) is 3.59. The minimum absolute atomic E-state index is 0.145. The van der Waals surface area contributed by atoms with Gasteiger partial charge < -0.3 is 39.7 Å². The SMILES string of the molecule is CC1=CCC2C(C(=O)O)=COC(OC3OC(CO)C(O)C(O)C3O)C12. The van der Waals surface area contributed by atoms with Crippen LogP contribution in [0.3, 0.4) is 0 Å². The van der Waals surface area contributed by atoms with E-state index >= 15 is 0 Å². The van der Waals surface area contributed by atoms with Crippen molar-refractivity contribution in [2.45, 2.75) is 50.3 Å². The Kier molecular flexibility index (Phi) is 5.14. The second kappa shape index (κ2) is 7.02. The Morgan fingerprint density at radius 3 is 2.60 bits per heavy atom. The van der Waals surface area contributed by atoms with E-state index in [0.29, 0.717) is 6.42 Å². The molecule has 0 aromatic carbocycles. The van der Waals surface area contributed by atoms with Crippen LogP contribution in [0.15, 0.2) is 23.5 Å². The van der Waals surface area contributed by atoms with E-state index in [1.165, 1.54) is 0 Å². The molecule has 0 aromatic rings. The van der Waals surface area contributed by atoms with Gasteiger partial charge in [-0.3, -0.25) is 0 Å². The predicted molar refractivity (Wildman–Crippen MR) is 80.8 cm³/mol. The Bertz CT molecular complexity index is 584. The number of aliphatic hydroxyl groups is 4. The van der Waals surface area contributed by atoms with Gasteiger partial charge in [0.05, 0.1) is 18.4 Å². The minimum Gasteiger partial charge on any atom is -0.478 e. The van der Waals surface area contributed by atoms with Gasteiger partial charge in [-0.25, -0.2) is 4.79 Å². The Morgan fingerprint density at radius 2 is 1.96 bits per heavy atom. The number of allylic oxidation sites excluding steroid dienone is 1. The van der Waals surface area contributed by atoms with Gasteiger partial charge in [0, 0.05) is 11.8 Å². The molecule has 0 aromatic heterocycles. The molecule has 1 aliphatic carbocycles. The standard InChI is InChI=1S/C16H22O9/c1-6-2-3-7-8(14(21)22)5-23-15(10(6)7)25-16-13(20)12(19)11(18)9(4-17)24-16/h2,5,7,9-13,15-20H,3-4H2,1H3,(H,21,22). The lowest BCUT2D eigenvalue weighted by Crippen LogP contribution is -2.60. The summed E-state index contributed by atoms with van der Waals surface area (Å²) in [5.41, 5.74) is 1.04. The Labute approximate surface area is 143 Å². The highest BCUT2D eigenvalue weighted by molar-refractivity contribution is 5.87. The van der Waals surface area contributed by atoms with Crippen molar-refractivity contribution in [1.29, 1.82) is 0 Å². The van der Waals surface area contributed by atoms with Crippen molar-refractivity contribution in [2.75, 3.05) is 6.61 Å². The Hall–Kier alpha value is -1.49. The molecule has 0 radical (unpaired) electrons. The summed E-state index contributed by atoms with van der Waals surface area (Å²) < 4.78 is 16.4. The van der Waals surface area contributed by atoms with Crippen LogP contribution in [0.2, 0.25) is 0 Å². The smallest absolute Gasteiger partial charge is 0.335 e. The van der Waals surface area contributed by atoms with Gasteiger partial charge in [0.25, 0.3) is 0 Å².